The topological polar surface area (TPSA) is 117 Å². The number of phosphoric ester groups is 1. The van der Waals surface area contributed by atoms with Crippen LogP contribution in [0.5, 0.6) is 0 Å². The van der Waals surface area contributed by atoms with Gasteiger partial charge in [0.25, 0.3) is 0 Å². The zero-order chi connectivity index (χ0) is 46.5. The van der Waals surface area contributed by atoms with Crippen LogP contribution in [0, 0.1) is 0 Å². The van der Waals surface area contributed by atoms with Gasteiger partial charge >= 0.3 is 13.8 Å². The van der Waals surface area contributed by atoms with Crippen LogP contribution in [0.15, 0.2) is 0 Å². The van der Waals surface area contributed by atoms with Gasteiger partial charge in [0.05, 0.1) is 19.8 Å². The van der Waals surface area contributed by atoms with Gasteiger partial charge in [0, 0.05) is 19.6 Å². The highest BCUT2D eigenvalue weighted by Crippen LogP contribution is 2.43. The van der Waals surface area contributed by atoms with Crippen LogP contribution >= 0.6 is 7.82 Å². The van der Waals surface area contributed by atoms with E-state index in [1.54, 1.807) is 0 Å². The molecular formula is C55H112NO7P. The molecule has 0 saturated carbocycles. The number of nitrogens with two attached hydrogens (primary N) is 1. The third-order valence-electron chi connectivity index (χ3n) is 13.0. The lowest BCUT2D eigenvalue weighted by atomic mass is 10.0. The number of hydrogen-bond acceptors (Lipinski definition) is 7. The van der Waals surface area contributed by atoms with Crippen molar-refractivity contribution in [1.29, 1.82) is 0 Å². The molecule has 8 nitrogen and oxygen atoms in total. The van der Waals surface area contributed by atoms with Crippen LogP contribution in [0.25, 0.3) is 0 Å². The molecule has 0 rings (SSSR count). The van der Waals surface area contributed by atoms with E-state index in [4.69, 9.17) is 24.3 Å². The molecule has 0 saturated heterocycles. The Hall–Kier alpha value is -0.500. The zero-order valence-corrected chi connectivity index (χ0v) is 44.0. The molecule has 0 spiro atoms. The summed E-state index contributed by atoms with van der Waals surface area (Å²) in [5, 5.41) is 0. The van der Waals surface area contributed by atoms with Gasteiger partial charge in [-0.25, -0.2) is 4.57 Å². The Labute approximate surface area is 399 Å². The largest absolute Gasteiger partial charge is 0.472 e. The third kappa shape index (κ3) is 52.5. The van der Waals surface area contributed by atoms with E-state index in [2.05, 4.69) is 13.8 Å². The fraction of sp³-hybridized carbons (Fsp3) is 0.982. The summed E-state index contributed by atoms with van der Waals surface area (Å²) in [6.45, 7) is 5.02. The molecule has 0 aromatic carbocycles. The first-order valence-electron chi connectivity index (χ1n) is 28.5. The Balaban J connectivity index is 3.82. The minimum atomic E-state index is -4.28. The third-order valence-corrected chi connectivity index (χ3v) is 14.0. The average molecular weight is 930 g/mol. The van der Waals surface area contributed by atoms with Crippen LogP contribution in [0.2, 0.25) is 0 Å². The lowest BCUT2D eigenvalue weighted by molar-refractivity contribution is -0.154. The number of hydrogen-bond donors (Lipinski definition) is 2. The Morgan fingerprint density at radius 1 is 0.406 bits per heavy atom. The van der Waals surface area contributed by atoms with Crippen molar-refractivity contribution in [3.8, 4) is 0 Å². The van der Waals surface area contributed by atoms with Gasteiger partial charge in [-0.15, -0.1) is 0 Å². The summed E-state index contributed by atoms with van der Waals surface area (Å²) in [5.74, 6) is -0.319. The average Bonchev–Trinajstić information content (AvgIpc) is 3.29. The standard InChI is InChI=1S/C55H112NO7P/c1-3-5-7-9-11-13-15-17-19-21-23-25-27-28-30-32-34-36-38-40-42-44-46-48-55(57)63-54(53-62-64(58,59)61-51-49-56)52-60-50-47-45-43-41-39-37-35-33-31-29-26-24-22-20-18-16-14-12-10-8-6-4-2/h54H,3-53,56H2,1-2H3,(H,58,59). The van der Waals surface area contributed by atoms with Crippen molar-refractivity contribution in [3.63, 3.8) is 0 Å². The second kappa shape index (κ2) is 53.5. The number of rotatable bonds is 56. The molecule has 0 aromatic heterocycles. The first-order chi connectivity index (χ1) is 31.4. The lowest BCUT2D eigenvalue weighted by Crippen LogP contribution is -2.28. The first-order valence-corrected chi connectivity index (χ1v) is 30.0. The quantitative estimate of drug-likeness (QED) is 0.0352. The molecule has 3 N–H and O–H groups in total. The maximum atomic E-state index is 12.7. The number of ether oxygens (including phenoxy) is 2. The summed E-state index contributed by atoms with van der Waals surface area (Å²) < 4.78 is 33.7. The van der Waals surface area contributed by atoms with Gasteiger partial charge in [0.2, 0.25) is 0 Å². The fourth-order valence-corrected chi connectivity index (χ4v) is 9.59. The first kappa shape index (κ1) is 63.5. The molecule has 0 radical (unpaired) electrons. The van der Waals surface area contributed by atoms with E-state index in [0.29, 0.717) is 13.0 Å². The van der Waals surface area contributed by atoms with Crippen LogP contribution in [-0.4, -0.2) is 49.9 Å². The molecule has 0 aliphatic rings. The smallest absolute Gasteiger partial charge is 0.457 e. The lowest BCUT2D eigenvalue weighted by Gasteiger charge is -2.20. The van der Waals surface area contributed by atoms with Crippen molar-refractivity contribution in [2.24, 2.45) is 5.73 Å². The van der Waals surface area contributed by atoms with Crippen molar-refractivity contribution >= 4 is 13.8 Å². The summed E-state index contributed by atoms with van der Waals surface area (Å²) in [6.07, 6.45) is 60.1. The van der Waals surface area contributed by atoms with E-state index in [0.717, 1.165) is 32.1 Å². The van der Waals surface area contributed by atoms with Gasteiger partial charge in [-0.2, -0.15) is 0 Å². The Kier molecular flexibility index (Phi) is 53.0. The van der Waals surface area contributed by atoms with E-state index in [1.165, 1.54) is 257 Å². The summed E-state index contributed by atoms with van der Waals surface area (Å²) >= 11 is 0. The predicted octanol–water partition coefficient (Wildman–Crippen LogP) is 18.0. The SMILES string of the molecule is CCCCCCCCCCCCCCCCCCCCCCCCCC(=O)OC(COCCCCCCCCCCCCCCCCCCCCCCCC)COP(=O)(O)OCCN. The van der Waals surface area contributed by atoms with Crippen LogP contribution < -0.4 is 5.73 Å². The normalized spacial score (nSPS) is 13.1. The Morgan fingerprint density at radius 2 is 0.688 bits per heavy atom. The maximum Gasteiger partial charge on any atom is 0.472 e. The maximum absolute atomic E-state index is 12.7. The van der Waals surface area contributed by atoms with E-state index in [9.17, 15) is 14.3 Å². The zero-order valence-electron chi connectivity index (χ0n) is 43.1. The summed E-state index contributed by atoms with van der Waals surface area (Å²) in [4.78, 5) is 22.7. The molecule has 0 bridgehead atoms. The van der Waals surface area contributed by atoms with E-state index in [1.807, 2.05) is 0 Å². The minimum Gasteiger partial charge on any atom is -0.457 e. The van der Waals surface area contributed by atoms with E-state index in [-0.39, 0.29) is 32.3 Å². The van der Waals surface area contributed by atoms with Gasteiger partial charge in [0.1, 0.15) is 6.10 Å². The number of carbonyl (C=O) groups is 1. The van der Waals surface area contributed by atoms with Crippen molar-refractivity contribution in [2.75, 3.05) is 33.0 Å². The highest BCUT2D eigenvalue weighted by Gasteiger charge is 2.25. The van der Waals surface area contributed by atoms with Gasteiger partial charge in [-0.3, -0.25) is 13.8 Å². The van der Waals surface area contributed by atoms with Crippen molar-refractivity contribution < 1.29 is 32.8 Å². The van der Waals surface area contributed by atoms with Crippen molar-refractivity contribution in [2.45, 2.75) is 315 Å². The molecule has 0 fully saturated rings. The molecule has 9 heteroatoms. The Bertz CT molecular complexity index is 955. The second-order valence-electron chi connectivity index (χ2n) is 19.5. The molecule has 0 amide bonds. The van der Waals surface area contributed by atoms with Crippen LogP contribution in [0.1, 0.15) is 309 Å². The molecule has 0 aliphatic heterocycles. The van der Waals surface area contributed by atoms with Gasteiger partial charge in [-0.1, -0.05) is 290 Å². The molecule has 0 aromatic rings. The number of carbonyl (C=O) groups excluding carboxylic acids is 1. The van der Waals surface area contributed by atoms with Gasteiger partial charge in [-0.05, 0) is 12.8 Å². The number of phosphoric acid groups is 1. The predicted molar refractivity (Wildman–Crippen MR) is 275 cm³/mol. The van der Waals surface area contributed by atoms with Crippen LogP contribution in [0.4, 0.5) is 0 Å². The summed E-state index contributed by atoms with van der Waals surface area (Å²) in [6, 6.07) is 0. The molecule has 0 heterocycles. The Morgan fingerprint density at radius 3 is 0.984 bits per heavy atom. The van der Waals surface area contributed by atoms with Crippen LogP contribution in [-0.2, 0) is 27.9 Å². The molecule has 2 atom stereocenters. The minimum absolute atomic E-state index is 0.0895. The summed E-state index contributed by atoms with van der Waals surface area (Å²) in [5.41, 5.74) is 5.40. The molecule has 2 unspecified atom stereocenters. The van der Waals surface area contributed by atoms with Crippen molar-refractivity contribution in [3.05, 3.63) is 0 Å². The summed E-state index contributed by atoms with van der Waals surface area (Å²) in [7, 11) is -4.28. The molecular weight excluding hydrogens is 818 g/mol. The molecule has 0 aliphatic carbocycles. The fourth-order valence-electron chi connectivity index (χ4n) is 8.83. The highest BCUT2D eigenvalue weighted by molar-refractivity contribution is 7.47. The van der Waals surface area contributed by atoms with Crippen molar-refractivity contribution in [1.82, 2.24) is 0 Å². The second-order valence-corrected chi connectivity index (χ2v) is 21.0. The van der Waals surface area contributed by atoms with Crippen LogP contribution in [0.3, 0.4) is 0 Å². The molecule has 384 valence electrons. The van der Waals surface area contributed by atoms with Gasteiger partial charge < -0.3 is 20.1 Å². The number of unbranched alkanes of at least 4 members (excludes halogenated alkanes) is 43. The highest BCUT2D eigenvalue weighted by atomic mass is 31.2. The van der Waals surface area contributed by atoms with E-state index >= 15 is 0 Å². The van der Waals surface area contributed by atoms with Gasteiger partial charge in [0.15, 0.2) is 0 Å². The molecule has 64 heavy (non-hydrogen) atoms. The number of esters is 1. The monoisotopic (exact) mass is 930 g/mol. The van der Waals surface area contributed by atoms with E-state index < -0.39 is 13.9 Å².